The van der Waals surface area contributed by atoms with Crippen LogP contribution in [-0.2, 0) is 0 Å². The first kappa shape index (κ1) is 7.66. The van der Waals surface area contributed by atoms with Gasteiger partial charge >= 0.3 is 0 Å². The van der Waals surface area contributed by atoms with Crippen molar-refractivity contribution >= 4 is 18.4 Å². The third kappa shape index (κ3) is 1.74. The molecule has 1 aromatic rings. The number of pyridine rings is 1. The first-order chi connectivity index (χ1) is 5.38. The van der Waals surface area contributed by atoms with Gasteiger partial charge in [-0.25, -0.2) is 0 Å². The Balaban J connectivity index is 3.48. The maximum absolute atomic E-state index is 6.88. The van der Waals surface area contributed by atoms with Gasteiger partial charge in [-0.15, -0.1) is 0 Å². The van der Waals surface area contributed by atoms with Crippen molar-refractivity contribution in [1.82, 2.24) is 4.98 Å². The average Bonchev–Trinajstić information content (AvgIpc) is 2.06. The molecular weight excluding hydrogens is 136 g/mol. The lowest BCUT2D eigenvalue weighted by molar-refractivity contribution is 1.22. The number of nitrogens with zero attached hydrogens (tertiary/aromatic N) is 1. The zero-order valence-electron chi connectivity index (χ0n) is 6.41. The lowest BCUT2D eigenvalue weighted by Crippen LogP contribution is -2.26. The molecule has 0 bridgehead atoms. The minimum Gasteiger partial charge on any atom is -0.309 e. The fourth-order valence-electron chi connectivity index (χ4n) is 0.892. The highest BCUT2D eigenvalue weighted by Gasteiger charge is 1.79. The van der Waals surface area contributed by atoms with Crippen LogP contribution in [0.3, 0.4) is 0 Å². The van der Waals surface area contributed by atoms with Crippen LogP contribution in [0.25, 0.3) is 12.2 Å². The molecule has 0 aliphatic rings. The summed E-state index contributed by atoms with van der Waals surface area (Å²) in [6, 6.07) is 3.86. The summed E-state index contributed by atoms with van der Waals surface area (Å²) in [6.07, 6.45) is 6.62. The van der Waals surface area contributed by atoms with Crippen molar-refractivity contribution < 1.29 is 0 Å². The molecule has 0 aromatic carbocycles. The van der Waals surface area contributed by atoms with Crippen molar-refractivity contribution in [3.05, 3.63) is 28.9 Å². The molecule has 0 saturated carbocycles. The van der Waals surface area contributed by atoms with Crippen molar-refractivity contribution in [2.24, 2.45) is 0 Å². The maximum Gasteiger partial charge on any atom is 0.0713 e. The largest absolute Gasteiger partial charge is 0.309 e. The lowest BCUT2D eigenvalue weighted by Gasteiger charge is -1.84. The van der Waals surface area contributed by atoms with E-state index in [1.807, 2.05) is 25.1 Å². The van der Waals surface area contributed by atoms with Crippen LogP contribution in [0, 0.1) is 5.41 Å². The molecule has 11 heavy (non-hydrogen) atoms. The molecule has 56 valence electrons. The molecule has 1 aromatic heterocycles. The van der Waals surface area contributed by atoms with E-state index in [-0.39, 0.29) is 0 Å². The monoisotopic (exact) mass is 146 g/mol. The molecule has 1 rings (SSSR count). The molecule has 0 radical (unpaired) electrons. The van der Waals surface area contributed by atoms with Crippen molar-refractivity contribution in [2.75, 3.05) is 0 Å². The Bertz CT molecular complexity index is 352. The smallest absolute Gasteiger partial charge is 0.0713 e. The van der Waals surface area contributed by atoms with Crippen LogP contribution in [0.5, 0.6) is 0 Å². The molecule has 0 fully saturated rings. The average molecular weight is 146 g/mol. The van der Waals surface area contributed by atoms with Crippen LogP contribution in [0.4, 0.5) is 0 Å². The Hall–Kier alpha value is -1.44. The van der Waals surface area contributed by atoms with Crippen molar-refractivity contribution in [3.63, 3.8) is 0 Å². The minimum atomic E-state index is 0.852. The highest BCUT2D eigenvalue weighted by atomic mass is 14.6. The van der Waals surface area contributed by atoms with Crippen molar-refractivity contribution in [1.29, 1.82) is 5.41 Å². The summed E-state index contributed by atoms with van der Waals surface area (Å²) in [7, 11) is 0. The van der Waals surface area contributed by atoms with E-state index in [0.717, 1.165) is 10.6 Å². The van der Waals surface area contributed by atoms with Crippen LogP contribution >= 0.6 is 0 Å². The van der Waals surface area contributed by atoms with Gasteiger partial charge in [0.2, 0.25) is 0 Å². The van der Waals surface area contributed by atoms with Crippen molar-refractivity contribution in [3.8, 4) is 0 Å². The molecule has 2 heteroatoms. The van der Waals surface area contributed by atoms with Crippen LogP contribution in [-0.4, -0.2) is 11.2 Å². The van der Waals surface area contributed by atoms with Gasteiger partial charge in [0, 0.05) is 12.4 Å². The Morgan fingerprint density at radius 3 is 3.00 bits per heavy atom. The number of nitrogens with one attached hydrogen (secondary N) is 1. The number of hydrogen-bond donors (Lipinski definition) is 1. The van der Waals surface area contributed by atoms with Gasteiger partial charge in [-0.2, -0.15) is 0 Å². The van der Waals surface area contributed by atoms with Crippen LogP contribution in [0.1, 0.15) is 6.92 Å². The molecule has 0 amide bonds. The van der Waals surface area contributed by atoms with E-state index in [9.17, 15) is 0 Å². The molecule has 1 N–H and O–H groups in total. The third-order valence-corrected chi connectivity index (χ3v) is 1.42. The van der Waals surface area contributed by atoms with E-state index in [0.29, 0.717) is 0 Å². The molecule has 0 saturated heterocycles. The van der Waals surface area contributed by atoms with Gasteiger partial charge < -0.3 is 5.41 Å². The van der Waals surface area contributed by atoms with Gasteiger partial charge in [0.05, 0.1) is 5.35 Å². The third-order valence-electron chi connectivity index (χ3n) is 1.42. The second-order valence-corrected chi connectivity index (χ2v) is 2.10. The second-order valence-electron chi connectivity index (χ2n) is 2.10. The van der Waals surface area contributed by atoms with Gasteiger partial charge in [0.1, 0.15) is 0 Å². The fraction of sp³-hybridized carbons (Fsp3) is 0.111. The SMILES string of the molecule is C/C=c1/cccn/c1=C/C=N. The number of rotatable bonds is 1. The summed E-state index contributed by atoms with van der Waals surface area (Å²) >= 11 is 0. The summed E-state index contributed by atoms with van der Waals surface area (Å²) < 4.78 is 0. The summed E-state index contributed by atoms with van der Waals surface area (Å²) in [6.45, 7) is 1.96. The van der Waals surface area contributed by atoms with Gasteiger partial charge in [-0.3, -0.25) is 4.98 Å². The van der Waals surface area contributed by atoms with E-state index in [4.69, 9.17) is 5.41 Å². The molecule has 0 atom stereocenters. The van der Waals surface area contributed by atoms with E-state index in [2.05, 4.69) is 4.98 Å². The second kappa shape index (κ2) is 3.66. The highest BCUT2D eigenvalue weighted by molar-refractivity contribution is 5.87. The Kier molecular flexibility index (Phi) is 2.55. The standard InChI is InChI=1S/C9H10N2/c1-2-8-4-3-7-11-9(8)5-6-10/h2-7,10H,1H3/b8-2-,9-5+,10-6?. The quantitative estimate of drug-likeness (QED) is 0.569. The summed E-state index contributed by atoms with van der Waals surface area (Å²) in [4.78, 5) is 4.10. The molecule has 2 nitrogen and oxygen atoms in total. The molecule has 0 spiro atoms. The zero-order valence-corrected chi connectivity index (χ0v) is 6.41. The summed E-state index contributed by atoms with van der Waals surface area (Å²) in [5.41, 5.74) is 0. The zero-order chi connectivity index (χ0) is 8.10. The Morgan fingerprint density at radius 2 is 2.36 bits per heavy atom. The molecule has 0 aliphatic heterocycles. The van der Waals surface area contributed by atoms with Gasteiger partial charge in [-0.1, -0.05) is 12.1 Å². The first-order valence-corrected chi connectivity index (χ1v) is 3.46. The molecule has 0 aliphatic carbocycles. The van der Waals surface area contributed by atoms with Gasteiger partial charge in [0.25, 0.3) is 0 Å². The normalized spacial score (nSPS) is 13.5. The van der Waals surface area contributed by atoms with Crippen LogP contribution < -0.4 is 10.6 Å². The van der Waals surface area contributed by atoms with E-state index >= 15 is 0 Å². The summed E-state index contributed by atoms with van der Waals surface area (Å²) in [5, 5.41) is 8.80. The molecule has 0 unspecified atom stereocenters. The Morgan fingerprint density at radius 1 is 1.55 bits per heavy atom. The molecule has 1 heterocycles. The predicted molar refractivity (Wildman–Crippen MR) is 46.9 cm³/mol. The topological polar surface area (TPSA) is 36.7 Å². The summed E-state index contributed by atoms with van der Waals surface area (Å²) in [5.74, 6) is 0. The van der Waals surface area contributed by atoms with Crippen LogP contribution in [0.15, 0.2) is 18.3 Å². The van der Waals surface area contributed by atoms with Gasteiger partial charge in [-0.05, 0) is 24.3 Å². The lowest BCUT2D eigenvalue weighted by atomic mass is 10.3. The Labute approximate surface area is 65.4 Å². The van der Waals surface area contributed by atoms with E-state index in [1.54, 1.807) is 12.3 Å². The minimum absolute atomic E-state index is 0.852. The first-order valence-electron chi connectivity index (χ1n) is 3.46. The van der Waals surface area contributed by atoms with Crippen molar-refractivity contribution in [2.45, 2.75) is 6.92 Å². The fourth-order valence-corrected chi connectivity index (χ4v) is 0.892. The highest BCUT2D eigenvalue weighted by Crippen LogP contribution is 1.65. The van der Waals surface area contributed by atoms with E-state index < -0.39 is 0 Å². The van der Waals surface area contributed by atoms with Gasteiger partial charge in [0.15, 0.2) is 0 Å². The van der Waals surface area contributed by atoms with Crippen LogP contribution in [0.2, 0.25) is 0 Å². The van der Waals surface area contributed by atoms with E-state index in [1.165, 1.54) is 6.21 Å². The molecular formula is C9H10N2. The number of hydrogen-bond acceptors (Lipinski definition) is 2. The predicted octanol–water partition coefficient (Wildman–Crippen LogP) is 0.312. The maximum atomic E-state index is 6.88. The number of aromatic nitrogens is 1.